The van der Waals surface area contributed by atoms with E-state index in [1.54, 1.807) is 47.5 Å². The number of ether oxygens (including phenoxy) is 2. The van der Waals surface area contributed by atoms with Gasteiger partial charge in [0.2, 0.25) is 5.82 Å². The third kappa shape index (κ3) is 15.3. The minimum atomic E-state index is -1.12. The van der Waals surface area contributed by atoms with Crippen molar-refractivity contribution in [3.05, 3.63) is 142 Å². The van der Waals surface area contributed by atoms with Gasteiger partial charge in [0.05, 0.1) is 46.0 Å². The van der Waals surface area contributed by atoms with E-state index in [0.717, 1.165) is 22.5 Å². The van der Waals surface area contributed by atoms with E-state index in [1.807, 2.05) is 114 Å². The van der Waals surface area contributed by atoms with Crippen LogP contribution in [0.1, 0.15) is 112 Å². The molecular weight excluding hydrogens is 871 g/mol. The summed E-state index contributed by atoms with van der Waals surface area (Å²) in [5, 5.41) is 21.2. The van der Waals surface area contributed by atoms with Crippen molar-refractivity contribution < 1.29 is 33.8 Å². The Balaban J connectivity index is 0.000000236. The van der Waals surface area contributed by atoms with E-state index in [-0.39, 0.29) is 40.8 Å². The first-order chi connectivity index (χ1) is 30.7. The summed E-state index contributed by atoms with van der Waals surface area (Å²) >= 11 is 12.2. The molecule has 0 radical (unpaired) electrons. The van der Waals surface area contributed by atoms with E-state index in [0.29, 0.717) is 65.5 Å². The Labute approximate surface area is 389 Å². The number of benzene rings is 4. The van der Waals surface area contributed by atoms with Gasteiger partial charge in [0.25, 0.3) is 11.7 Å². The summed E-state index contributed by atoms with van der Waals surface area (Å²) < 4.78 is 13.0. The Bertz CT molecular complexity index is 2550. The number of aromatic nitrogens is 6. The summed E-state index contributed by atoms with van der Waals surface area (Å²) in [6.07, 6.45) is 1.77. The van der Waals surface area contributed by atoms with Crippen LogP contribution in [0.25, 0.3) is 11.4 Å². The Hall–Kier alpha value is -6.58. The topological polar surface area (TPSA) is 206 Å². The predicted octanol–water partition coefficient (Wildman–Crippen LogP) is 9.65. The van der Waals surface area contributed by atoms with Crippen molar-refractivity contribution >= 4 is 58.4 Å². The summed E-state index contributed by atoms with van der Waals surface area (Å²) in [4.78, 5) is 55.1. The van der Waals surface area contributed by atoms with Crippen LogP contribution in [0.3, 0.4) is 0 Å². The lowest BCUT2D eigenvalue weighted by Crippen LogP contribution is -2.18. The molecule has 0 fully saturated rings. The van der Waals surface area contributed by atoms with Crippen LogP contribution in [0.5, 0.6) is 0 Å². The Morgan fingerprint density at radius 3 is 1.49 bits per heavy atom. The van der Waals surface area contributed by atoms with Gasteiger partial charge < -0.3 is 25.6 Å². The number of carbonyl (C=O) groups is 4. The molecule has 4 aromatic carbocycles. The van der Waals surface area contributed by atoms with Crippen molar-refractivity contribution in [1.29, 1.82) is 0 Å². The number of nitrogen functional groups attached to an aromatic ring is 1. The largest absolute Gasteiger partial charge is 0.475 e. The number of carbonyl (C=O) groups excluding carboxylic acids is 3. The van der Waals surface area contributed by atoms with Crippen molar-refractivity contribution in [3.63, 3.8) is 0 Å². The molecule has 65 heavy (non-hydrogen) atoms. The maximum Gasteiger partial charge on any atom is 0.375 e. The van der Waals surface area contributed by atoms with Gasteiger partial charge in [-0.15, -0.1) is 10.2 Å². The number of carboxylic acids is 1. The summed E-state index contributed by atoms with van der Waals surface area (Å²) in [6, 6.07) is 29.6. The minimum Gasteiger partial charge on any atom is -0.475 e. The number of hydrogen-bond donors (Lipinski definition) is 3. The van der Waals surface area contributed by atoms with Crippen LogP contribution in [0.2, 0.25) is 10.0 Å². The number of nitrogens with two attached hydrogens (primary N) is 1. The maximum atomic E-state index is 12.9. The minimum absolute atomic E-state index is 0.0567. The third-order valence-electron chi connectivity index (χ3n) is 9.14. The molecule has 6 rings (SSSR count). The number of halogens is 2. The second-order valence-electron chi connectivity index (χ2n) is 16.6. The highest BCUT2D eigenvalue weighted by Crippen LogP contribution is 2.27. The Morgan fingerprint density at radius 1 is 0.646 bits per heavy atom. The average molecular weight is 928 g/mol. The van der Waals surface area contributed by atoms with Gasteiger partial charge >= 0.3 is 17.9 Å². The summed E-state index contributed by atoms with van der Waals surface area (Å²) in [5.41, 5.74) is 9.47. The number of para-hydroxylation sites is 2. The molecule has 1 amide bonds. The molecule has 2 aromatic heterocycles. The van der Waals surface area contributed by atoms with Crippen LogP contribution in [-0.4, -0.2) is 71.7 Å². The Morgan fingerprint density at radius 2 is 1.08 bits per heavy atom. The highest BCUT2D eigenvalue weighted by atomic mass is 35.5. The van der Waals surface area contributed by atoms with Gasteiger partial charge in [-0.1, -0.05) is 113 Å². The van der Waals surface area contributed by atoms with Gasteiger partial charge in [-0.25, -0.2) is 24.1 Å². The van der Waals surface area contributed by atoms with E-state index < -0.39 is 11.9 Å². The molecule has 0 aliphatic carbocycles. The molecule has 0 spiro atoms. The summed E-state index contributed by atoms with van der Waals surface area (Å²) in [6.45, 7) is 16.3. The first kappa shape index (κ1) is 51.1. The lowest BCUT2D eigenvalue weighted by Gasteiger charge is -2.18. The fourth-order valence-corrected chi connectivity index (χ4v) is 6.41. The number of anilines is 2. The molecule has 0 unspecified atom stereocenters. The normalized spacial score (nSPS) is 11.0. The zero-order valence-electron chi connectivity index (χ0n) is 37.9. The zero-order chi connectivity index (χ0) is 47.9. The number of nitrogens with one attached hydrogen (secondary N) is 1. The van der Waals surface area contributed by atoms with Crippen LogP contribution in [-0.2, 0) is 42.7 Å². The number of nitrogens with zero attached hydrogens (tertiary/aromatic N) is 6. The molecule has 0 aliphatic heterocycles. The van der Waals surface area contributed by atoms with E-state index in [4.69, 9.17) is 43.5 Å². The molecule has 344 valence electrons. The number of esters is 2. The van der Waals surface area contributed by atoms with Crippen molar-refractivity contribution in [3.8, 4) is 11.4 Å². The van der Waals surface area contributed by atoms with Crippen LogP contribution >= 0.6 is 23.2 Å². The van der Waals surface area contributed by atoms with Gasteiger partial charge in [-0.3, -0.25) is 14.4 Å². The summed E-state index contributed by atoms with van der Waals surface area (Å²) in [5.74, 6) is -0.826. The number of aryl methyl sites for hydroxylation is 2. The van der Waals surface area contributed by atoms with Gasteiger partial charge in [-0.05, 0) is 86.3 Å². The van der Waals surface area contributed by atoms with Crippen molar-refractivity contribution in [2.45, 2.75) is 91.9 Å². The second kappa shape index (κ2) is 23.4. The molecule has 6 aromatic rings. The monoisotopic (exact) mass is 926 g/mol. The van der Waals surface area contributed by atoms with Crippen LogP contribution in [0, 0.1) is 0 Å². The molecule has 0 atom stereocenters. The molecule has 0 saturated heterocycles. The van der Waals surface area contributed by atoms with Gasteiger partial charge in [0.15, 0.2) is 0 Å². The smallest absolute Gasteiger partial charge is 0.375 e. The first-order valence-electron chi connectivity index (χ1n) is 21.0. The van der Waals surface area contributed by atoms with Crippen molar-refractivity contribution in [2.75, 3.05) is 24.3 Å². The van der Waals surface area contributed by atoms with E-state index in [9.17, 15) is 19.2 Å². The molecule has 0 saturated carbocycles. The molecule has 0 bridgehead atoms. The SMILES string of the molecule is CC(C)(C)c1nc(C(=O)O)nn1-c1ccccc1.CCOC(=O)CCc1ccc(N)c(Cl)c1.CCOC(=O)CCc1ccc(NC(=O)c2nc(C(C)(C)C)n(-c3ccccc3)n2)c(Cl)c1. The van der Waals surface area contributed by atoms with Crippen molar-refractivity contribution in [2.24, 2.45) is 0 Å². The molecular formula is C48H56Cl2N8O7. The number of amides is 1. The molecule has 15 nitrogen and oxygen atoms in total. The zero-order valence-corrected chi connectivity index (χ0v) is 39.4. The highest BCUT2D eigenvalue weighted by Gasteiger charge is 2.27. The van der Waals surface area contributed by atoms with E-state index in [2.05, 4.69) is 25.5 Å². The standard InChI is InChI=1S/C24H27ClN4O3.C13H15N3O2.C11H14ClNO2/c1-5-32-20(30)14-12-16-11-13-19(18(25)15-16)26-22(31)21-27-23(24(2,3)4)29(28-21)17-9-7-6-8-10-17;1-13(2,3)12-14-10(11(17)18)15-16(12)9-7-5-4-6-8-9;1-2-15-11(14)6-4-8-3-5-10(13)9(12)7-8/h6-11,13,15H,5,12,14H2,1-4H3,(H,26,31);4-8H,1-3H3,(H,17,18);3,5,7H,2,4,6,13H2,1H3. The Kier molecular flexibility index (Phi) is 18.4. The van der Waals surface area contributed by atoms with Crippen LogP contribution < -0.4 is 11.1 Å². The fraction of sp³-hybridized carbons (Fsp3) is 0.333. The van der Waals surface area contributed by atoms with Crippen molar-refractivity contribution in [1.82, 2.24) is 29.5 Å². The molecule has 17 heteroatoms. The second-order valence-corrected chi connectivity index (χ2v) is 17.4. The number of aromatic carboxylic acids is 1. The average Bonchev–Trinajstić information content (AvgIpc) is 3.94. The van der Waals surface area contributed by atoms with Gasteiger partial charge in [0, 0.05) is 23.7 Å². The molecule has 2 heterocycles. The lowest BCUT2D eigenvalue weighted by molar-refractivity contribution is -0.144. The first-order valence-corrected chi connectivity index (χ1v) is 21.7. The predicted molar refractivity (Wildman–Crippen MR) is 252 cm³/mol. The van der Waals surface area contributed by atoms with Crippen LogP contribution in [0.4, 0.5) is 11.4 Å². The van der Waals surface area contributed by atoms with Gasteiger partial charge in [0.1, 0.15) is 11.6 Å². The summed E-state index contributed by atoms with van der Waals surface area (Å²) in [7, 11) is 0. The number of hydrogen-bond acceptors (Lipinski definition) is 11. The van der Waals surface area contributed by atoms with E-state index in [1.165, 1.54) is 0 Å². The number of carboxylic acid groups (broad SMARTS) is 1. The fourth-order valence-electron chi connectivity index (χ4n) is 5.96. The number of rotatable bonds is 13. The quantitative estimate of drug-likeness (QED) is 0.0731. The lowest BCUT2D eigenvalue weighted by atomic mass is 9.95. The highest BCUT2D eigenvalue weighted by molar-refractivity contribution is 6.34. The van der Waals surface area contributed by atoms with E-state index >= 15 is 0 Å². The third-order valence-corrected chi connectivity index (χ3v) is 9.78. The molecule has 0 aliphatic rings. The van der Waals surface area contributed by atoms with Crippen LogP contribution in [0.15, 0.2) is 97.1 Å². The maximum absolute atomic E-state index is 12.9. The van der Waals surface area contributed by atoms with Gasteiger partial charge in [-0.2, -0.15) is 0 Å². The molecule has 4 N–H and O–H groups in total.